The van der Waals surface area contributed by atoms with Gasteiger partial charge in [-0.1, -0.05) is 40.2 Å². The Hall–Kier alpha value is -3.47. The van der Waals surface area contributed by atoms with Gasteiger partial charge in [-0.2, -0.15) is 0 Å². The lowest BCUT2D eigenvalue weighted by molar-refractivity contribution is -0.129. The predicted molar refractivity (Wildman–Crippen MR) is 160 cm³/mol. The van der Waals surface area contributed by atoms with Crippen molar-refractivity contribution < 1.29 is 23.9 Å². The number of nitrogens with zero attached hydrogens (tertiary/aromatic N) is 2. The van der Waals surface area contributed by atoms with Gasteiger partial charge in [0.15, 0.2) is 0 Å². The molecule has 0 saturated heterocycles. The van der Waals surface area contributed by atoms with Gasteiger partial charge in [0.25, 0.3) is 5.91 Å². The van der Waals surface area contributed by atoms with Crippen molar-refractivity contribution in [1.82, 2.24) is 10.6 Å². The third kappa shape index (κ3) is 5.70. The number of amides is 3. The van der Waals surface area contributed by atoms with Gasteiger partial charge in [0.2, 0.25) is 11.8 Å². The molecule has 0 spiro atoms. The van der Waals surface area contributed by atoms with Gasteiger partial charge in [0, 0.05) is 17.1 Å². The van der Waals surface area contributed by atoms with E-state index in [-0.39, 0.29) is 37.3 Å². The Balaban J connectivity index is 1.90. The molecule has 9 nitrogen and oxygen atoms in total. The molecule has 0 radical (unpaired) electrons. The molecule has 4 rings (SSSR count). The summed E-state index contributed by atoms with van der Waals surface area (Å²) in [5, 5.41) is 7.74. The molecule has 0 saturated carbocycles. The fourth-order valence-corrected chi connectivity index (χ4v) is 5.56. The highest BCUT2D eigenvalue weighted by Crippen LogP contribution is 2.39. The number of rotatable bonds is 9. The normalized spacial score (nSPS) is 17.8. The highest BCUT2D eigenvalue weighted by molar-refractivity contribution is 9.10. The van der Waals surface area contributed by atoms with Gasteiger partial charge in [0.05, 0.1) is 50.1 Å². The van der Waals surface area contributed by atoms with Gasteiger partial charge in [-0.25, -0.2) is 0 Å². The third-order valence-electron chi connectivity index (χ3n) is 7.38. The highest BCUT2D eigenvalue weighted by atomic mass is 79.9. The van der Waals surface area contributed by atoms with Crippen molar-refractivity contribution in [3.63, 3.8) is 0 Å². The summed E-state index contributed by atoms with van der Waals surface area (Å²) in [6, 6.07) is 14.9. The van der Waals surface area contributed by atoms with Crippen LogP contribution < -0.4 is 25.2 Å². The Kier molecular flexibility index (Phi) is 9.44. The number of ether oxygens (including phenoxy) is 2. The molecule has 0 aromatic heterocycles. The number of hydrogen-bond acceptors (Lipinski definition) is 6. The molecule has 0 bridgehead atoms. The van der Waals surface area contributed by atoms with Crippen LogP contribution in [0.1, 0.15) is 25.8 Å². The number of carbonyl (C=O) groups excluding carboxylic acids is 3. The number of fused-ring (bicyclic) bond motifs is 2. The van der Waals surface area contributed by atoms with Gasteiger partial charge >= 0.3 is 0 Å². The second-order valence-corrected chi connectivity index (χ2v) is 10.6. The maximum absolute atomic E-state index is 14.4. The summed E-state index contributed by atoms with van der Waals surface area (Å²) in [5.74, 6) is -0.239. The monoisotopic (exact) mass is 610 g/mol. The van der Waals surface area contributed by atoms with E-state index in [0.717, 1.165) is 20.8 Å². The number of halogens is 1. The van der Waals surface area contributed by atoms with Gasteiger partial charge in [-0.05, 0) is 62.0 Å². The van der Waals surface area contributed by atoms with E-state index in [1.807, 2.05) is 54.6 Å². The zero-order valence-electron chi connectivity index (χ0n) is 23.4. The molecule has 2 N–H and O–H groups in total. The maximum Gasteiger partial charge on any atom is 0.252 e. The van der Waals surface area contributed by atoms with Gasteiger partial charge in [-0.15, -0.1) is 0 Å². The number of methoxy groups -OCH3 is 2. The minimum atomic E-state index is -1.00. The molecule has 1 aliphatic rings. The smallest absolute Gasteiger partial charge is 0.252 e. The molecule has 3 atom stereocenters. The molecule has 10 heteroatoms. The van der Waals surface area contributed by atoms with E-state index < -0.39 is 18.1 Å². The summed E-state index contributed by atoms with van der Waals surface area (Å²) >= 11 is 3.63. The second-order valence-electron chi connectivity index (χ2n) is 9.74. The molecule has 212 valence electrons. The summed E-state index contributed by atoms with van der Waals surface area (Å²) in [5.41, 5.74) is 1.96. The number of benzene rings is 3. The summed E-state index contributed by atoms with van der Waals surface area (Å²) in [4.78, 5) is 44.3. The largest absolute Gasteiger partial charge is 0.496 e. The molecule has 3 unspecified atom stereocenters. The van der Waals surface area contributed by atoms with Crippen molar-refractivity contribution >= 4 is 55.8 Å². The van der Waals surface area contributed by atoms with Crippen molar-refractivity contribution in [2.45, 2.75) is 44.9 Å². The van der Waals surface area contributed by atoms with E-state index in [1.54, 1.807) is 37.8 Å². The van der Waals surface area contributed by atoms with Gasteiger partial charge < -0.3 is 29.9 Å². The van der Waals surface area contributed by atoms with E-state index in [9.17, 15) is 14.4 Å². The predicted octanol–water partition coefficient (Wildman–Crippen LogP) is 4.01. The van der Waals surface area contributed by atoms with Crippen LogP contribution in [0.3, 0.4) is 0 Å². The topological polar surface area (TPSA) is 100 Å². The van der Waals surface area contributed by atoms with E-state index in [2.05, 4.69) is 26.6 Å². The van der Waals surface area contributed by atoms with Crippen molar-refractivity contribution in [2.75, 3.05) is 37.7 Å². The van der Waals surface area contributed by atoms with E-state index in [0.29, 0.717) is 17.1 Å². The van der Waals surface area contributed by atoms with E-state index in [4.69, 9.17) is 9.47 Å². The molecule has 1 heterocycles. The highest BCUT2D eigenvalue weighted by Gasteiger charge is 2.42. The molecule has 3 aromatic carbocycles. The summed E-state index contributed by atoms with van der Waals surface area (Å²) in [6.45, 7) is 3.90. The number of anilines is 2. The van der Waals surface area contributed by atoms with E-state index >= 15 is 0 Å². The van der Waals surface area contributed by atoms with Crippen LogP contribution in [-0.4, -0.2) is 63.7 Å². The first-order valence-corrected chi connectivity index (χ1v) is 14.0. The third-order valence-corrected chi connectivity index (χ3v) is 8.07. The number of likely N-dealkylation sites (N-methyl/N-ethyl adjacent to an activating group) is 1. The quantitative estimate of drug-likeness (QED) is 0.380. The van der Waals surface area contributed by atoms with Gasteiger partial charge in [0.1, 0.15) is 11.8 Å². The van der Waals surface area contributed by atoms with Crippen LogP contribution in [0.5, 0.6) is 5.75 Å². The first-order chi connectivity index (χ1) is 19.2. The van der Waals surface area contributed by atoms with Crippen LogP contribution in [-0.2, 0) is 25.7 Å². The molecular weight excluding hydrogens is 576 g/mol. The Labute approximate surface area is 242 Å². The van der Waals surface area contributed by atoms with E-state index in [1.165, 1.54) is 7.11 Å². The molecular formula is C30H35BrN4O5. The molecule has 40 heavy (non-hydrogen) atoms. The average molecular weight is 612 g/mol. The summed E-state index contributed by atoms with van der Waals surface area (Å²) < 4.78 is 11.8. The SMILES string of the molecule is CNC(C)C(=O)NC1C(=O)N(Cc2c(OC)ccc3c(Br)cccc23)c2ccccc2N(C(=O)CCOC)C1C. The maximum atomic E-state index is 14.4. The van der Waals surface area contributed by atoms with Crippen LogP contribution in [0.15, 0.2) is 59.1 Å². The van der Waals surface area contributed by atoms with Crippen LogP contribution in [0, 0.1) is 0 Å². The molecule has 3 aromatic rings. The molecule has 3 amide bonds. The van der Waals surface area contributed by atoms with Crippen LogP contribution in [0.2, 0.25) is 0 Å². The van der Waals surface area contributed by atoms with Crippen LogP contribution in [0.25, 0.3) is 10.8 Å². The second kappa shape index (κ2) is 12.8. The van der Waals surface area contributed by atoms with Crippen molar-refractivity contribution in [1.29, 1.82) is 0 Å². The first-order valence-electron chi connectivity index (χ1n) is 13.2. The standard InChI is InChI=1S/C30H35BrN4O5/c1-18(32-3)29(37)33-28-19(2)35(27(36)15-16-39-4)25-12-7-6-11-24(25)34(30(28)38)17-22-20-9-8-10-23(31)21(20)13-14-26(22)40-5/h6-14,18-19,28,32H,15-17H2,1-5H3,(H,33,37). The Morgan fingerprint density at radius 3 is 2.42 bits per heavy atom. The zero-order chi connectivity index (χ0) is 29.0. The summed E-state index contributed by atoms with van der Waals surface area (Å²) in [6.07, 6.45) is 0.127. The first kappa shape index (κ1) is 29.5. The zero-order valence-corrected chi connectivity index (χ0v) is 24.9. The molecule has 0 aliphatic carbocycles. The minimum Gasteiger partial charge on any atom is -0.496 e. The number of hydrogen-bond donors (Lipinski definition) is 2. The van der Waals surface area contributed by atoms with Crippen molar-refractivity contribution in [2.24, 2.45) is 0 Å². The minimum absolute atomic E-state index is 0.127. The van der Waals surface area contributed by atoms with Gasteiger partial charge in [-0.3, -0.25) is 14.4 Å². The number of nitrogens with one attached hydrogen (secondary N) is 2. The molecule has 0 fully saturated rings. The summed E-state index contributed by atoms with van der Waals surface area (Å²) in [7, 11) is 4.81. The Morgan fingerprint density at radius 1 is 1.02 bits per heavy atom. The fraction of sp³-hybridized carbons (Fsp3) is 0.367. The van der Waals surface area contributed by atoms with Crippen molar-refractivity contribution in [3.05, 3.63) is 64.6 Å². The fourth-order valence-electron chi connectivity index (χ4n) is 5.06. The lowest BCUT2D eigenvalue weighted by atomic mass is 10.0. The van der Waals surface area contributed by atoms with Crippen LogP contribution in [0.4, 0.5) is 11.4 Å². The van der Waals surface area contributed by atoms with Crippen LogP contribution >= 0.6 is 15.9 Å². The number of para-hydroxylation sites is 2. The molecule has 1 aliphatic heterocycles. The number of carbonyl (C=O) groups is 3. The van der Waals surface area contributed by atoms with Crippen molar-refractivity contribution in [3.8, 4) is 5.75 Å². The average Bonchev–Trinajstić information content (AvgIpc) is 3.04. The lowest BCUT2D eigenvalue weighted by Crippen LogP contribution is -2.59. The lowest BCUT2D eigenvalue weighted by Gasteiger charge is -2.32. The Morgan fingerprint density at radius 2 is 1.75 bits per heavy atom. The Bertz CT molecular complexity index is 1410.